The molecule has 1 saturated carbocycles. The fourth-order valence-electron chi connectivity index (χ4n) is 3.43. The Morgan fingerprint density at radius 1 is 1.17 bits per heavy atom. The smallest absolute Gasteiger partial charge is 0.320 e. The van der Waals surface area contributed by atoms with Crippen molar-refractivity contribution in [1.29, 1.82) is 0 Å². The second kappa shape index (κ2) is 5.20. The lowest BCUT2D eigenvalue weighted by molar-refractivity contribution is -0.155. The summed E-state index contributed by atoms with van der Waals surface area (Å²) in [5.74, 6) is -0.0737. The van der Waals surface area contributed by atoms with Crippen LogP contribution >= 0.6 is 0 Å². The summed E-state index contributed by atoms with van der Waals surface area (Å²) in [5, 5.41) is 0. The third kappa shape index (κ3) is 3.71. The highest BCUT2D eigenvalue weighted by Gasteiger charge is 2.39. The first-order valence-electron chi connectivity index (χ1n) is 7.33. The Balaban J connectivity index is 1.80. The van der Waals surface area contributed by atoms with Gasteiger partial charge in [-0.2, -0.15) is 0 Å². The van der Waals surface area contributed by atoms with Gasteiger partial charge < -0.3 is 4.74 Å². The lowest BCUT2D eigenvalue weighted by atomic mass is 9.73. The van der Waals surface area contributed by atoms with Gasteiger partial charge in [0.1, 0.15) is 5.60 Å². The molecule has 1 heterocycles. The summed E-state index contributed by atoms with van der Waals surface area (Å²) in [5.41, 5.74) is 0.166. The fourth-order valence-corrected chi connectivity index (χ4v) is 3.43. The number of likely N-dealkylation sites (tertiary alicyclic amines) is 1. The highest BCUT2D eigenvalue weighted by Crippen LogP contribution is 2.43. The minimum absolute atomic E-state index is 0.0737. The van der Waals surface area contributed by atoms with E-state index in [1.54, 1.807) is 0 Å². The molecule has 2 rings (SSSR count). The van der Waals surface area contributed by atoms with E-state index in [2.05, 4.69) is 4.90 Å². The van der Waals surface area contributed by atoms with E-state index in [0.717, 1.165) is 13.1 Å². The van der Waals surface area contributed by atoms with Crippen molar-refractivity contribution >= 4 is 5.97 Å². The van der Waals surface area contributed by atoms with Crippen molar-refractivity contribution in [2.75, 3.05) is 19.6 Å². The lowest BCUT2D eigenvalue weighted by Crippen LogP contribution is -2.35. The summed E-state index contributed by atoms with van der Waals surface area (Å²) in [6.45, 7) is 8.43. The topological polar surface area (TPSA) is 29.5 Å². The molecular formula is C15H27NO2. The Morgan fingerprint density at radius 3 is 2.44 bits per heavy atom. The van der Waals surface area contributed by atoms with E-state index in [4.69, 9.17) is 4.74 Å². The summed E-state index contributed by atoms with van der Waals surface area (Å²) in [6, 6.07) is 0. The molecule has 3 heteroatoms. The van der Waals surface area contributed by atoms with Crippen LogP contribution in [0.3, 0.4) is 0 Å². The van der Waals surface area contributed by atoms with Gasteiger partial charge in [0, 0.05) is 6.54 Å². The van der Waals surface area contributed by atoms with Crippen molar-refractivity contribution in [1.82, 2.24) is 4.90 Å². The summed E-state index contributed by atoms with van der Waals surface area (Å²) in [7, 11) is 0. The molecule has 2 fully saturated rings. The molecule has 0 radical (unpaired) electrons. The predicted molar refractivity (Wildman–Crippen MR) is 72.4 cm³/mol. The Morgan fingerprint density at radius 2 is 1.83 bits per heavy atom. The Labute approximate surface area is 111 Å². The van der Waals surface area contributed by atoms with Crippen molar-refractivity contribution in [3.8, 4) is 0 Å². The zero-order valence-corrected chi connectivity index (χ0v) is 12.1. The van der Waals surface area contributed by atoms with Gasteiger partial charge in [-0.05, 0) is 52.0 Å². The van der Waals surface area contributed by atoms with E-state index in [9.17, 15) is 4.79 Å². The summed E-state index contributed by atoms with van der Waals surface area (Å²) < 4.78 is 5.39. The van der Waals surface area contributed by atoms with Crippen molar-refractivity contribution in [2.24, 2.45) is 5.41 Å². The van der Waals surface area contributed by atoms with Gasteiger partial charge in [0.05, 0.1) is 6.54 Å². The summed E-state index contributed by atoms with van der Waals surface area (Å²) in [6.07, 6.45) is 8.14. The van der Waals surface area contributed by atoms with Crippen LogP contribution in [0.15, 0.2) is 0 Å². The Kier molecular flexibility index (Phi) is 4.00. The van der Waals surface area contributed by atoms with Crippen molar-refractivity contribution in [3.05, 3.63) is 0 Å². The van der Waals surface area contributed by atoms with Gasteiger partial charge in [-0.1, -0.05) is 19.3 Å². The normalized spacial score (nSPS) is 24.4. The molecule has 0 bridgehead atoms. The molecule has 1 spiro atoms. The number of rotatable bonds is 2. The molecule has 0 amide bonds. The maximum Gasteiger partial charge on any atom is 0.320 e. The number of hydrogen-bond donors (Lipinski definition) is 0. The van der Waals surface area contributed by atoms with Gasteiger partial charge >= 0.3 is 5.97 Å². The standard InChI is InChI=1S/C15H27NO2/c1-14(2,3)18-13(17)11-16-10-9-15(12-16)7-5-4-6-8-15/h4-12H2,1-3H3. The average molecular weight is 253 g/mol. The minimum atomic E-state index is -0.362. The van der Waals surface area contributed by atoms with Crippen LogP contribution in [0.1, 0.15) is 59.3 Å². The van der Waals surface area contributed by atoms with E-state index in [1.807, 2.05) is 20.8 Å². The van der Waals surface area contributed by atoms with Crippen molar-refractivity contribution < 1.29 is 9.53 Å². The van der Waals surface area contributed by atoms with Gasteiger partial charge in [0.2, 0.25) is 0 Å². The van der Waals surface area contributed by atoms with E-state index >= 15 is 0 Å². The molecule has 104 valence electrons. The molecular weight excluding hydrogens is 226 g/mol. The minimum Gasteiger partial charge on any atom is -0.459 e. The van der Waals surface area contributed by atoms with E-state index in [-0.39, 0.29) is 11.6 Å². The number of hydrogen-bond acceptors (Lipinski definition) is 3. The van der Waals surface area contributed by atoms with Crippen LogP contribution in [-0.4, -0.2) is 36.1 Å². The fraction of sp³-hybridized carbons (Fsp3) is 0.933. The van der Waals surface area contributed by atoms with Gasteiger partial charge in [-0.15, -0.1) is 0 Å². The zero-order valence-electron chi connectivity index (χ0n) is 12.1. The zero-order chi connectivity index (χ0) is 13.2. The maximum absolute atomic E-state index is 11.8. The summed E-state index contributed by atoms with van der Waals surface area (Å²) in [4.78, 5) is 14.1. The van der Waals surface area contributed by atoms with Crippen LogP contribution < -0.4 is 0 Å². The van der Waals surface area contributed by atoms with Crippen LogP contribution in [0.4, 0.5) is 0 Å². The van der Waals surface area contributed by atoms with Gasteiger partial charge in [0.25, 0.3) is 0 Å². The highest BCUT2D eigenvalue weighted by molar-refractivity contribution is 5.72. The molecule has 0 aromatic rings. The van der Waals surface area contributed by atoms with Gasteiger partial charge in [0.15, 0.2) is 0 Å². The number of carbonyl (C=O) groups is 1. The first-order chi connectivity index (χ1) is 8.39. The number of carbonyl (C=O) groups excluding carboxylic acids is 1. The van der Waals surface area contributed by atoms with E-state index < -0.39 is 0 Å². The molecule has 2 aliphatic rings. The van der Waals surface area contributed by atoms with Crippen LogP contribution in [0.25, 0.3) is 0 Å². The number of nitrogens with zero attached hydrogens (tertiary/aromatic N) is 1. The molecule has 0 aromatic heterocycles. The number of ether oxygens (including phenoxy) is 1. The van der Waals surface area contributed by atoms with E-state index in [1.165, 1.54) is 38.5 Å². The third-order valence-corrected chi connectivity index (χ3v) is 4.20. The second-order valence-electron chi connectivity index (χ2n) is 7.11. The number of esters is 1. The van der Waals surface area contributed by atoms with Gasteiger partial charge in [-0.25, -0.2) is 0 Å². The monoisotopic (exact) mass is 253 g/mol. The molecule has 0 unspecified atom stereocenters. The van der Waals surface area contributed by atoms with Crippen LogP contribution in [0, 0.1) is 5.41 Å². The molecule has 0 aromatic carbocycles. The maximum atomic E-state index is 11.8. The van der Waals surface area contributed by atoms with Gasteiger partial charge in [-0.3, -0.25) is 9.69 Å². The SMILES string of the molecule is CC(C)(C)OC(=O)CN1CCC2(CCCCC2)C1. The quantitative estimate of drug-likeness (QED) is 0.709. The molecule has 1 saturated heterocycles. The Hall–Kier alpha value is -0.570. The average Bonchev–Trinajstić information content (AvgIpc) is 2.59. The highest BCUT2D eigenvalue weighted by atomic mass is 16.6. The second-order valence-corrected chi connectivity index (χ2v) is 7.11. The Bertz CT molecular complexity index is 300. The van der Waals surface area contributed by atoms with Crippen LogP contribution in [0.2, 0.25) is 0 Å². The lowest BCUT2D eigenvalue weighted by Gasteiger charge is -2.33. The molecule has 0 N–H and O–H groups in total. The molecule has 0 atom stereocenters. The summed E-state index contributed by atoms with van der Waals surface area (Å²) >= 11 is 0. The largest absolute Gasteiger partial charge is 0.459 e. The van der Waals surface area contributed by atoms with Crippen LogP contribution in [-0.2, 0) is 9.53 Å². The molecule has 1 aliphatic carbocycles. The predicted octanol–water partition coefficient (Wildman–Crippen LogP) is 2.98. The third-order valence-electron chi connectivity index (χ3n) is 4.20. The van der Waals surface area contributed by atoms with Crippen molar-refractivity contribution in [2.45, 2.75) is 64.9 Å². The van der Waals surface area contributed by atoms with E-state index in [0.29, 0.717) is 12.0 Å². The van der Waals surface area contributed by atoms with Crippen molar-refractivity contribution in [3.63, 3.8) is 0 Å². The first kappa shape index (κ1) is 13.9. The first-order valence-corrected chi connectivity index (χ1v) is 7.33. The molecule has 1 aliphatic heterocycles. The molecule has 3 nitrogen and oxygen atoms in total. The molecule has 18 heavy (non-hydrogen) atoms. The van der Waals surface area contributed by atoms with Crippen LogP contribution in [0.5, 0.6) is 0 Å².